The Hall–Kier alpha value is -2.37. The lowest BCUT2D eigenvalue weighted by atomic mass is 10.2. The minimum Gasteiger partial charge on any atom is -0.307 e. The number of imide groups is 1. The molecule has 3 rings (SSSR count). The normalized spacial score (nSPS) is 16.4. The summed E-state index contributed by atoms with van der Waals surface area (Å²) < 4.78 is 1.86. The van der Waals surface area contributed by atoms with Crippen LogP contribution in [0, 0.1) is 0 Å². The monoisotopic (exact) mass is 230 g/mol. The van der Waals surface area contributed by atoms with E-state index in [4.69, 9.17) is 0 Å². The van der Waals surface area contributed by atoms with Crippen molar-refractivity contribution >= 4 is 23.3 Å². The molecule has 0 spiro atoms. The number of carbonyl (C=O) groups excluding carboxylic acids is 2. The maximum Gasteiger partial charge on any atom is 0.328 e. The third-order valence-corrected chi connectivity index (χ3v) is 2.75. The van der Waals surface area contributed by atoms with Crippen LogP contribution in [0.15, 0.2) is 30.7 Å². The van der Waals surface area contributed by atoms with Crippen molar-refractivity contribution in [1.29, 1.82) is 0 Å². The molecule has 0 atom stereocenters. The van der Waals surface area contributed by atoms with Crippen LogP contribution in [-0.4, -0.2) is 27.9 Å². The molecule has 0 saturated carbocycles. The third-order valence-electron chi connectivity index (χ3n) is 2.75. The molecule has 1 fully saturated rings. The number of imidazole rings is 1. The zero-order chi connectivity index (χ0) is 11.8. The van der Waals surface area contributed by atoms with Gasteiger partial charge in [-0.1, -0.05) is 0 Å². The molecule has 2 aromatic heterocycles. The Kier molecular flexibility index (Phi) is 2.07. The van der Waals surface area contributed by atoms with Gasteiger partial charge in [0.15, 0.2) is 0 Å². The highest BCUT2D eigenvalue weighted by Gasteiger charge is 2.24. The lowest BCUT2D eigenvalue weighted by Crippen LogP contribution is -2.49. The minimum absolute atomic E-state index is 0.229. The van der Waals surface area contributed by atoms with Crippen LogP contribution < -0.4 is 10.2 Å². The van der Waals surface area contributed by atoms with Gasteiger partial charge in [-0.2, -0.15) is 0 Å². The van der Waals surface area contributed by atoms with Crippen LogP contribution in [0.2, 0.25) is 0 Å². The Balaban J connectivity index is 1.97. The smallest absolute Gasteiger partial charge is 0.307 e. The van der Waals surface area contributed by atoms with Crippen LogP contribution in [0.1, 0.15) is 6.42 Å². The molecule has 3 heterocycles. The van der Waals surface area contributed by atoms with E-state index < -0.39 is 0 Å². The summed E-state index contributed by atoms with van der Waals surface area (Å²) in [5.74, 6) is -0.229. The van der Waals surface area contributed by atoms with E-state index in [2.05, 4.69) is 10.3 Å². The summed E-state index contributed by atoms with van der Waals surface area (Å²) >= 11 is 0. The second-order valence-corrected chi connectivity index (χ2v) is 3.83. The molecule has 0 aromatic carbocycles. The van der Waals surface area contributed by atoms with E-state index in [1.54, 1.807) is 6.20 Å². The van der Waals surface area contributed by atoms with Gasteiger partial charge in [0.05, 0.1) is 5.69 Å². The third kappa shape index (κ3) is 1.63. The first-order chi connectivity index (χ1) is 8.24. The fraction of sp³-hybridized carbons (Fsp3) is 0.182. The van der Waals surface area contributed by atoms with Gasteiger partial charge in [0.25, 0.3) is 0 Å². The van der Waals surface area contributed by atoms with E-state index in [0.29, 0.717) is 13.0 Å². The average Bonchev–Trinajstić information content (AvgIpc) is 2.75. The Bertz CT molecular complexity index is 604. The molecule has 6 nitrogen and oxygen atoms in total. The number of fused-ring (bicyclic) bond motifs is 1. The second-order valence-electron chi connectivity index (χ2n) is 3.83. The first kappa shape index (κ1) is 9.83. The number of carbonyl (C=O) groups is 2. The standard InChI is InChI=1S/C11H10N4O2/c16-10-2-5-15(11(17)13-10)8-1-4-14-6-3-12-9(14)7-8/h1,3-4,6-7H,2,5H2,(H,13,16,17). The number of aromatic nitrogens is 2. The zero-order valence-electron chi connectivity index (χ0n) is 8.96. The summed E-state index contributed by atoms with van der Waals surface area (Å²) in [4.78, 5) is 28.4. The molecule has 1 aliphatic rings. The summed E-state index contributed by atoms with van der Waals surface area (Å²) in [6.45, 7) is 0.404. The molecule has 0 radical (unpaired) electrons. The maximum atomic E-state index is 11.6. The number of anilines is 1. The van der Waals surface area contributed by atoms with Crippen molar-refractivity contribution in [2.24, 2.45) is 0 Å². The molecule has 1 aliphatic heterocycles. The number of hydrogen-bond donors (Lipinski definition) is 1. The van der Waals surface area contributed by atoms with Crippen LogP contribution in [0.3, 0.4) is 0 Å². The van der Waals surface area contributed by atoms with Crippen molar-refractivity contribution in [2.75, 3.05) is 11.4 Å². The first-order valence-electron chi connectivity index (χ1n) is 5.28. The van der Waals surface area contributed by atoms with Gasteiger partial charge in [-0.3, -0.25) is 15.0 Å². The summed E-state index contributed by atoms with van der Waals surface area (Å²) in [6.07, 6.45) is 5.69. The van der Waals surface area contributed by atoms with Crippen LogP contribution in [0.4, 0.5) is 10.5 Å². The van der Waals surface area contributed by atoms with Crippen molar-refractivity contribution < 1.29 is 9.59 Å². The number of rotatable bonds is 1. The number of nitrogens with zero attached hydrogens (tertiary/aromatic N) is 3. The highest BCUT2D eigenvalue weighted by molar-refractivity contribution is 6.05. The predicted octanol–water partition coefficient (Wildman–Crippen LogP) is 0.781. The first-order valence-corrected chi connectivity index (χ1v) is 5.28. The second kappa shape index (κ2) is 3.58. The van der Waals surface area contributed by atoms with E-state index in [-0.39, 0.29) is 11.9 Å². The van der Waals surface area contributed by atoms with Crippen LogP contribution >= 0.6 is 0 Å². The number of nitrogens with one attached hydrogen (secondary N) is 1. The van der Waals surface area contributed by atoms with E-state index in [1.807, 2.05) is 28.9 Å². The minimum atomic E-state index is -0.378. The highest BCUT2D eigenvalue weighted by atomic mass is 16.2. The maximum absolute atomic E-state index is 11.6. The van der Waals surface area contributed by atoms with Gasteiger partial charge >= 0.3 is 6.03 Å². The quantitative estimate of drug-likeness (QED) is 0.787. The Morgan fingerprint density at radius 3 is 3.00 bits per heavy atom. The molecule has 0 bridgehead atoms. The molecular weight excluding hydrogens is 220 g/mol. The fourth-order valence-electron chi connectivity index (χ4n) is 1.88. The van der Waals surface area contributed by atoms with Gasteiger partial charge in [-0.25, -0.2) is 9.78 Å². The van der Waals surface area contributed by atoms with Crippen molar-refractivity contribution in [3.8, 4) is 0 Å². The lowest BCUT2D eigenvalue weighted by Gasteiger charge is -2.26. The molecule has 6 heteroatoms. The van der Waals surface area contributed by atoms with Crippen LogP contribution in [0.25, 0.3) is 5.65 Å². The SMILES string of the molecule is O=C1CCN(c2ccn3ccnc3c2)C(=O)N1. The van der Waals surface area contributed by atoms with Crippen molar-refractivity contribution in [1.82, 2.24) is 14.7 Å². The van der Waals surface area contributed by atoms with E-state index in [0.717, 1.165) is 11.3 Å². The molecule has 3 amide bonds. The fourth-order valence-corrected chi connectivity index (χ4v) is 1.88. The summed E-state index contributed by atoms with van der Waals surface area (Å²) in [7, 11) is 0. The van der Waals surface area contributed by atoms with Crippen molar-refractivity contribution in [2.45, 2.75) is 6.42 Å². The van der Waals surface area contributed by atoms with Gasteiger partial charge in [-0.05, 0) is 6.07 Å². The van der Waals surface area contributed by atoms with Gasteiger partial charge in [0.2, 0.25) is 5.91 Å². The van der Waals surface area contributed by atoms with Crippen molar-refractivity contribution in [3.63, 3.8) is 0 Å². The zero-order valence-corrected chi connectivity index (χ0v) is 8.96. The number of pyridine rings is 1. The molecule has 0 unspecified atom stereocenters. The molecule has 86 valence electrons. The molecule has 0 aliphatic carbocycles. The van der Waals surface area contributed by atoms with Gasteiger partial charge < -0.3 is 4.40 Å². The number of hydrogen-bond acceptors (Lipinski definition) is 3. The molecular formula is C11H10N4O2. The summed E-state index contributed by atoms with van der Waals surface area (Å²) in [5, 5.41) is 2.29. The molecule has 2 aromatic rings. The van der Waals surface area contributed by atoms with Crippen molar-refractivity contribution in [3.05, 3.63) is 30.7 Å². The van der Waals surface area contributed by atoms with Crippen LogP contribution in [0.5, 0.6) is 0 Å². The van der Waals surface area contributed by atoms with E-state index in [1.165, 1.54) is 4.90 Å². The van der Waals surface area contributed by atoms with Gasteiger partial charge in [-0.15, -0.1) is 0 Å². The Labute approximate surface area is 96.9 Å². The topological polar surface area (TPSA) is 66.7 Å². The molecule has 1 saturated heterocycles. The van der Waals surface area contributed by atoms with Crippen LogP contribution in [-0.2, 0) is 4.79 Å². The lowest BCUT2D eigenvalue weighted by molar-refractivity contribution is -0.120. The van der Waals surface area contributed by atoms with E-state index >= 15 is 0 Å². The summed E-state index contributed by atoms with van der Waals surface area (Å²) in [6, 6.07) is 3.26. The highest BCUT2D eigenvalue weighted by Crippen LogP contribution is 2.18. The molecule has 17 heavy (non-hydrogen) atoms. The predicted molar refractivity (Wildman–Crippen MR) is 60.7 cm³/mol. The van der Waals surface area contributed by atoms with E-state index in [9.17, 15) is 9.59 Å². The largest absolute Gasteiger partial charge is 0.328 e. The number of amides is 3. The molecule has 1 N–H and O–H groups in total. The number of urea groups is 1. The Morgan fingerprint density at radius 2 is 2.18 bits per heavy atom. The van der Waals surface area contributed by atoms with Gasteiger partial charge in [0.1, 0.15) is 5.65 Å². The summed E-state index contributed by atoms with van der Waals surface area (Å²) in [5.41, 5.74) is 1.51. The van der Waals surface area contributed by atoms with Gasteiger partial charge in [0, 0.05) is 37.6 Å². The average molecular weight is 230 g/mol. The Morgan fingerprint density at radius 1 is 1.29 bits per heavy atom.